The molecule has 2 heterocycles. The van der Waals surface area contributed by atoms with Gasteiger partial charge in [-0.25, -0.2) is 14.6 Å². The molecule has 1 aliphatic rings. The summed E-state index contributed by atoms with van der Waals surface area (Å²) in [6, 6.07) is -1.03. The van der Waals surface area contributed by atoms with Gasteiger partial charge in [-0.15, -0.1) is 23.1 Å². The van der Waals surface area contributed by atoms with E-state index in [9.17, 15) is 9.59 Å². The smallest absolute Gasteiger partial charge is 0.327 e. The molecule has 1 aromatic heterocycles. The van der Waals surface area contributed by atoms with Crippen LogP contribution in [0.1, 0.15) is 5.01 Å². The molecule has 0 saturated carbocycles. The van der Waals surface area contributed by atoms with Gasteiger partial charge in [0, 0.05) is 30.3 Å². The van der Waals surface area contributed by atoms with Crippen molar-refractivity contribution >= 4 is 35.1 Å². The highest BCUT2D eigenvalue weighted by Gasteiger charge is 2.34. The highest BCUT2D eigenvalue weighted by molar-refractivity contribution is 7.99. The minimum absolute atomic E-state index is 0.316. The third-order valence-electron chi connectivity index (χ3n) is 2.53. The molecule has 2 rings (SSSR count). The molecule has 98 valence electrons. The number of hydrogen-bond donors (Lipinski definition) is 2. The zero-order valence-corrected chi connectivity index (χ0v) is 11.2. The summed E-state index contributed by atoms with van der Waals surface area (Å²) < 4.78 is 0. The molecule has 1 aromatic rings. The minimum atomic E-state index is -0.949. The van der Waals surface area contributed by atoms with Gasteiger partial charge < -0.3 is 15.3 Å². The fourth-order valence-electron chi connectivity index (χ4n) is 1.60. The second-order valence-electron chi connectivity index (χ2n) is 3.73. The number of carbonyl (C=O) groups is 2. The molecule has 1 aliphatic heterocycles. The highest BCUT2D eigenvalue weighted by Crippen LogP contribution is 2.20. The summed E-state index contributed by atoms with van der Waals surface area (Å²) >= 11 is 2.99. The summed E-state index contributed by atoms with van der Waals surface area (Å²) in [5.74, 6) is -0.0648. The Morgan fingerprint density at radius 1 is 1.61 bits per heavy atom. The van der Waals surface area contributed by atoms with Crippen LogP contribution in [0.3, 0.4) is 0 Å². The third-order valence-corrected chi connectivity index (χ3v) is 4.38. The van der Waals surface area contributed by atoms with Crippen molar-refractivity contribution in [1.29, 1.82) is 0 Å². The maximum atomic E-state index is 11.8. The first-order valence-electron chi connectivity index (χ1n) is 5.42. The van der Waals surface area contributed by atoms with Crippen LogP contribution in [0, 0.1) is 0 Å². The van der Waals surface area contributed by atoms with Crippen molar-refractivity contribution < 1.29 is 14.7 Å². The molecular weight excluding hydrogens is 274 g/mol. The molecule has 6 nitrogen and oxygen atoms in total. The molecule has 0 aliphatic carbocycles. The predicted octanol–water partition coefficient (Wildman–Crippen LogP) is 0.855. The third kappa shape index (κ3) is 3.14. The van der Waals surface area contributed by atoms with Crippen LogP contribution in [0.5, 0.6) is 0 Å². The van der Waals surface area contributed by atoms with Gasteiger partial charge in [-0.3, -0.25) is 0 Å². The van der Waals surface area contributed by atoms with E-state index >= 15 is 0 Å². The maximum Gasteiger partial charge on any atom is 0.327 e. The van der Waals surface area contributed by atoms with E-state index in [1.165, 1.54) is 28.0 Å². The van der Waals surface area contributed by atoms with Gasteiger partial charge in [0.05, 0.1) is 10.9 Å². The fraction of sp³-hybridized carbons (Fsp3) is 0.500. The molecule has 1 fully saturated rings. The van der Waals surface area contributed by atoms with E-state index in [4.69, 9.17) is 5.11 Å². The molecule has 2 N–H and O–H groups in total. The SMILES string of the molecule is O=C(O)[C@@H]1CSCN1C(=O)NCCc1nccs1. The topological polar surface area (TPSA) is 82.5 Å². The van der Waals surface area contributed by atoms with Crippen molar-refractivity contribution in [2.75, 3.05) is 18.2 Å². The predicted molar refractivity (Wildman–Crippen MR) is 69.8 cm³/mol. The Labute approximate surface area is 112 Å². The van der Waals surface area contributed by atoms with Gasteiger partial charge in [-0.1, -0.05) is 0 Å². The number of rotatable bonds is 4. The monoisotopic (exact) mass is 287 g/mol. The zero-order chi connectivity index (χ0) is 13.0. The van der Waals surface area contributed by atoms with Gasteiger partial charge >= 0.3 is 12.0 Å². The van der Waals surface area contributed by atoms with Gasteiger partial charge in [0.15, 0.2) is 0 Å². The summed E-state index contributed by atoms with van der Waals surface area (Å²) in [6.45, 7) is 0.472. The molecule has 0 aromatic carbocycles. The van der Waals surface area contributed by atoms with Crippen LogP contribution in [0.15, 0.2) is 11.6 Å². The second-order valence-corrected chi connectivity index (χ2v) is 5.71. The van der Waals surface area contributed by atoms with E-state index in [1.807, 2.05) is 5.38 Å². The Morgan fingerprint density at radius 2 is 2.44 bits per heavy atom. The lowest BCUT2D eigenvalue weighted by Crippen LogP contribution is -2.47. The fourth-order valence-corrected chi connectivity index (χ4v) is 3.37. The number of hydrogen-bond acceptors (Lipinski definition) is 5. The van der Waals surface area contributed by atoms with Crippen molar-refractivity contribution in [3.8, 4) is 0 Å². The number of carboxylic acid groups (broad SMARTS) is 1. The Morgan fingerprint density at radius 3 is 3.11 bits per heavy atom. The van der Waals surface area contributed by atoms with Gasteiger partial charge in [-0.05, 0) is 0 Å². The number of nitrogens with zero attached hydrogens (tertiary/aromatic N) is 2. The van der Waals surface area contributed by atoms with Crippen LogP contribution in [0.25, 0.3) is 0 Å². The number of amides is 2. The minimum Gasteiger partial charge on any atom is -0.480 e. The number of carbonyl (C=O) groups excluding carboxylic acids is 1. The zero-order valence-electron chi connectivity index (χ0n) is 9.54. The van der Waals surface area contributed by atoms with Gasteiger partial charge in [0.1, 0.15) is 6.04 Å². The molecular formula is C10H13N3O3S2. The second kappa shape index (κ2) is 6.05. The van der Waals surface area contributed by atoms with Crippen LogP contribution in [0.4, 0.5) is 4.79 Å². The number of nitrogens with one attached hydrogen (secondary N) is 1. The van der Waals surface area contributed by atoms with Crippen molar-refractivity contribution in [3.63, 3.8) is 0 Å². The summed E-state index contributed by atoms with van der Waals surface area (Å²) in [6.07, 6.45) is 2.39. The lowest BCUT2D eigenvalue weighted by atomic mass is 10.3. The van der Waals surface area contributed by atoms with E-state index in [0.29, 0.717) is 24.6 Å². The average molecular weight is 287 g/mol. The number of aromatic nitrogens is 1. The summed E-state index contributed by atoms with van der Waals surface area (Å²) in [5, 5.41) is 14.5. The van der Waals surface area contributed by atoms with E-state index in [0.717, 1.165) is 5.01 Å². The number of carboxylic acids is 1. The molecule has 0 bridgehead atoms. The van der Waals surface area contributed by atoms with Crippen LogP contribution in [-0.4, -0.2) is 51.2 Å². The number of aliphatic carboxylic acids is 1. The summed E-state index contributed by atoms with van der Waals surface area (Å²) in [7, 11) is 0. The first-order valence-corrected chi connectivity index (χ1v) is 7.45. The van der Waals surface area contributed by atoms with Crippen molar-refractivity contribution in [2.45, 2.75) is 12.5 Å². The standard InChI is InChI=1S/C10H13N3O3S2/c14-9(15)7-5-17-6-13(7)10(16)12-2-1-8-11-3-4-18-8/h3-4,7H,1-2,5-6H2,(H,12,16)(H,14,15)/t7-/m0/s1. The molecule has 8 heteroatoms. The first-order chi connectivity index (χ1) is 8.68. The van der Waals surface area contributed by atoms with Gasteiger partial charge in [-0.2, -0.15) is 0 Å². The summed E-state index contributed by atoms with van der Waals surface area (Å²) in [4.78, 5) is 28.2. The first kappa shape index (κ1) is 13.2. The van der Waals surface area contributed by atoms with E-state index in [2.05, 4.69) is 10.3 Å². The van der Waals surface area contributed by atoms with Crippen molar-refractivity contribution in [1.82, 2.24) is 15.2 Å². The van der Waals surface area contributed by atoms with Gasteiger partial charge in [0.2, 0.25) is 0 Å². The highest BCUT2D eigenvalue weighted by atomic mass is 32.2. The van der Waals surface area contributed by atoms with Crippen molar-refractivity contribution in [3.05, 3.63) is 16.6 Å². The largest absolute Gasteiger partial charge is 0.480 e. The molecule has 1 saturated heterocycles. The molecule has 0 unspecified atom stereocenters. The molecule has 2 amide bonds. The number of thioether (sulfide) groups is 1. The molecule has 18 heavy (non-hydrogen) atoms. The Balaban J connectivity index is 1.79. The average Bonchev–Trinajstić information content (AvgIpc) is 2.99. The van der Waals surface area contributed by atoms with Crippen LogP contribution in [0.2, 0.25) is 0 Å². The Hall–Kier alpha value is -1.28. The van der Waals surface area contributed by atoms with Crippen LogP contribution >= 0.6 is 23.1 Å². The van der Waals surface area contributed by atoms with Crippen molar-refractivity contribution in [2.24, 2.45) is 0 Å². The van der Waals surface area contributed by atoms with Crippen LogP contribution in [-0.2, 0) is 11.2 Å². The number of urea groups is 1. The molecule has 1 atom stereocenters. The quantitative estimate of drug-likeness (QED) is 0.858. The molecule has 0 spiro atoms. The van der Waals surface area contributed by atoms with E-state index in [1.54, 1.807) is 6.20 Å². The summed E-state index contributed by atoms with van der Waals surface area (Å²) in [5.41, 5.74) is 0. The van der Waals surface area contributed by atoms with E-state index < -0.39 is 12.0 Å². The Kier molecular flexibility index (Phi) is 4.43. The van der Waals surface area contributed by atoms with Crippen LogP contribution < -0.4 is 5.32 Å². The maximum absolute atomic E-state index is 11.8. The molecule has 0 radical (unpaired) electrons. The normalized spacial score (nSPS) is 18.9. The van der Waals surface area contributed by atoms with E-state index in [-0.39, 0.29) is 6.03 Å². The Bertz CT molecular complexity index is 424. The van der Waals surface area contributed by atoms with Gasteiger partial charge in [0.25, 0.3) is 0 Å². The lowest BCUT2D eigenvalue weighted by Gasteiger charge is -2.20. The lowest BCUT2D eigenvalue weighted by molar-refractivity contribution is -0.140. The number of thiazole rings is 1.